The lowest BCUT2D eigenvalue weighted by Crippen LogP contribution is -2.31. The summed E-state index contributed by atoms with van der Waals surface area (Å²) in [6.07, 6.45) is 2.07. The van der Waals surface area contributed by atoms with E-state index in [-0.39, 0.29) is 11.4 Å². The normalized spacial score (nSPS) is 12.6. The molecule has 0 bridgehead atoms. The van der Waals surface area contributed by atoms with Gasteiger partial charge in [-0.05, 0) is 30.7 Å². The van der Waals surface area contributed by atoms with E-state index in [1.54, 1.807) is 12.1 Å². The molecule has 8 nitrogen and oxygen atoms in total. The molecule has 3 heterocycles. The largest absolute Gasteiger partial charge is 0.465 e. The fraction of sp³-hybridized carbons (Fsp3) is 0.190. The van der Waals surface area contributed by atoms with Crippen molar-refractivity contribution >= 4 is 40.6 Å². The first-order chi connectivity index (χ1) is 15.0. The SMILES string of the molecule is [C-]#[N+]c1ccc(N2CCc3c(ncnc3Nc3ccc(C(=O)OC)c(F)n3)C2)cc1Cl. The Hall–Kier alpha value is -3.77. The van der Waals surface area contributed by atoms with E-state index in [4.69, 9.17) is 18.2 Å². The predicted molar refractivity (Wildman–Crippen MR) is 113 cm³/mol. The van der Waals surface area contributed by atoms with Crippen molar-refractivity contribution in [3.05, 3.63) is 75.9 Å². The smallest absolute Gasteiger partial charge is 0.342 e. The van der Waals surface area contributed by atoms with Crippen LogP contribution in [0, 0.1) is 12.5 Å². The second kappa shape index (κ2) is 8.53. The number of carbonyl (C=O) groups excluding carboxylic acids is 1. The van der Waals surface area contributed by atoms with Gasteiger partial charge in [-0.15, -0.1) is 0 Å². The minimum absolute atomic E-state index is 0.218. The van der Waals surface area contributed by atoms with Crippen molar-refractivity contribution in [2.24, 2.45) is 0 Å². The van der Waals surface area contributed by atoms with E-state index in [1.807, 2.05) is 6.07 Å². The first-order valence-electron chi connectivity index (χ1n) is 9.26. The molecule has 1 aromatic carbocycles. The molecule has 31 heavy (non-hydrogen) atoms. The number of hydrogen-bond acceptors (Lipinski definition) is 7. The molecular formula is C21H16ClFN6O2. The standard InChI is InChI=1S/C21H16ClFN6O2/c1-24-16-5-3-12(9-15(16)22)29-8-7-13-17(10-29)25-11-26-20(13)28-18-6-4-14(19(23)27-18)21(30)31-2/h3-6,9,11H,7-8,10H2,2H3,(H,25,26,27,28). The summed E-state index contributed by atoms with van der Waals surface area (Å²) in [5, 5.41) is 3.42. The maximum absolute atomic E-state index is 14.1. The number of aromatic nitrogens is 3. The van der Waals surface area contributed by atoms with E-state index >= 15 is 0 Å². The second-order valence-corrected chi connectivity index (χ2v) is 7.13. The van der Waals surface area contributed by atoms with Crippen LogP contribution in [0.25, 0.3) is 4.85 Å². The topological polar surface area (TPSA) is 84.6 Å². The molecule has 0 aliphatic carbocycles. The highest BCUT2D eigenvalue weighted by Crippen LogP contribution is 2.33. The molecule has 1 aliphatic heterocycles. The molecule has 4 rings (SSSR count). The summed E-state index contributed by atoms with van der Waals surface area (Å²) in [4.78, 5) is 29.5. The number of fused-ring (bicyclic) bond motifs is 1. The predicted octanol–water partition coefficient (Wildman–Crippen LogP) is 4.31. The number of benzene rings is 1. The van der Waals surface area contributed by atoms with E-state index in [2.05, 4.69) is 34.8 Å². The molecule has 0 spiro atoms. The van der Waals surface area contributed by atoms with Gasteiger partial charge < -0.3 is 15.0 Å². The summed E-state index contributed by atoms with van der Waals surface area (Å²) in [5.74, 6) is -0.968. The number of methoxy groups -OCH3 is 1. The number of carbonyl (C=O) groups is 1. The van der Waals surface area contributed by atoms with Crippen LogP contribution in [0.1, 0.15) is 21.6 Å². The molecule has 0 amide bonds. The number of ether oxygens (including phenoxy) is 1. The van der Waals surface area contributed by atoms with E-state index in [9.17, 15) is 9.18 Å². The Bertz CT molecular complexity index is 1210. The molecule has 10 heteroatoms. The Morgan fingerprint density at radius 3 is 2.87 bits per heavy atom. The summed E-state index contributed by atoms with van der Waals surface area (Å²) in [5.41, 5.74) is 2.80. The molecule has 2 aromatic heterocycles. The quantitative estimate of drug-likeness (QED) is 0.369. The molecule has 0 unspecified atom stereocenters. The monoisotopic (exact) mass is 438 g/mol. The van der Waals surface area contributed by atoms with E-state index in [1.165, 1.54) is 25.6 Å². The first-order valence-corrected chi connectivity index (χ1v) is 9.64. The molecule has 0 radical (unpaired) electrons. The lowest BCUT2D eigenvalue weighted by molar-refractivity contribution is 0.0594. The number of nitrogens with zero attached hydrogens (tertiary/aromatic N) is 5. The molecule has 156 valence electrons. The van der Waals surface area contributed by atoms with Crippen molar-refractivity contribution < 1.29 is 13.9 Å². The Balaban J connectivity index is 1.56. The van der Waals surface area contributed by atoms with E-state index in [0.29, 0.717) is 36.0 Å². The first kappa shape index (κ1) is 20.5. The van der Waals surface area contributed by atoms with Crippen LogP contribution in [-0.4, -0.2) is 34.6 Å². The molecule has 3 aromatic rings. The maximum Gasteiger partial charge on any atom is 0.342 e. The number of nitrogens with one attached hydrogen (secondary N) is 1. The molecule has 0 atom stereocenters. The van der Waals surface area contributed by atoms with Crippen molar-refractivity contribution in [1.82, 2.24) is 15.0 Å². The van der Waals surface area contributed by atoms with Crippen molar-refractivity contribution in [3.8, 4) is 0 Å². The summed E-state index contributed by atoms with van der Waals surface area (Å²) in [7, 11) is 1.18. The van der Waals surface area contributed by atoms with Crippen molar-refractivity contribution in [3.63, 3.8) is 0 Å². The van der Waals surface area contributed by atoms with Gasteiger partial charge in [-0.2, -0.15) is 4.39 Å². The van der Waals surface area contributed by atoms with Crippen molar-refractivity contribution in [1.29, 1.82) is 0 Å². The van der Waals surface area contributed by atoms with Gasteiger partial charge in [0, 0.05) is 22.8 Å². The van der Waals surface area contributed by atoms with Crippen LogP contribution in [-0.2, 0) is 17.7 Å². The fourth-order valence-electron chi connectivity index (χ4n) is 3.35. The third kappa shape index (κ3) is 4.11. The average molecular weight is 439 g/mol. The zero-order chi connectivity index (χ0) is 22.0. The van der Waals surface area contributed by atoms with Gasteiger partial charge in [0.25, 0.3) is 0 Å². The van der Waals surface area contributed by atoms with Crippen LogP contribution in [0.5, 0.6) is 0 Å². The molecular weight excluding hydrogens is 423 g/mol. The average Bonchev–Trinajstić information content (AvgIpc) is 2.78. The fourth-order valence-corrected chi connectivity index (χ4v) is 3.57. The number of rotatable bonds is 4. The van der Waals surface area contributed by atoms with Gasteiger partial charge >= 0.3 is 5.97 Å². The highest BCUT2D eigenvalue weighted by molar-refractivity contribution is 6.33. The van der Waals surface area contributed by atoms with Gasteiger partial charge in [0.2, 0.25) is 11.6 Å². The Labute approximate surface area is 182 Å². The van der Waals surface area contributed by atoms with Crippen LogP contribution in [0.3, 0.4) is 0 Å². The van der Waals surface area contributed by atoms with Gasteiger partial charge in [-0.1, -0.05) is 17.7 Å². The van der Waals surface area contributed by atoms with Crippen molar-refractivity contribution in [2.75, 3.05) is 23.9 Å². The third-order valence-electron chi connectivity index (χ3n) is 4.92. The van der Waals surface area contributed by atoms with Gasteiger partial charge in [0.15, 0.2) is 0 Å². The van der Waals surface area contributed by atoms with E-state index < -0.39 is 11.9 Å². The number of esters is 1. The van der Waals surface area contributed by atoms with Crippen LogP contribution < -0.4 is 10.2 Å². The molecule has 1 N–H and O–H groups in total. The van der Waals surface area contributed by atoms with Gasteiger partial charge in [-0.3, -0.25) is 0 Å². The van der Waals surface area contributed by atoms with Gasteiger partial charge in [-0.25, -0.2) is 24.6 Å². The minimum Gasteiger partial charge on any atom is -0.465 e. The van der Waals surface area contributed by atoms with Gasteiger partial charge in [0.05, 0.1) is 25.9 Å². The Morgan fingerprint density at radius 2 is 2.16 bits per heavy atom. The summed E-state index contributed by atoms with van der Waals surface area (Å²) < 4.78 is 18.7. The minimum atomic E-state index is -0.925. The number of halogens is 2. The molecule has 0 fully saturated rings. The molecule has 0 saturated heterocycles. The van der Waals surface area contributed by atoms with Crippen LogP contribution in [0.15, 0.2) is 36.7 Å². The summed E-state index contributed by atoms with van der Waals surface area (Å²) in [6.45, 7) is 8.34. The zero-order valence-electron chi connectivity index (χ0n) is 16.4. The molecule has 1 aliphatic rings. The lowest BCUT2D eigenvalue weighted by Gasteiger charge is -2.31. The highest BCUT2D eigenvalue weighted by Gasteiger charge is 2.22. The number of anilines is 3. The maximum atomic E-state index is 14.1. The number of hydrogen-bond donors (Lipinski definition) is 1. The Morgan fingerprint density at radius 1 is 1.32 bits per heavy atom. The molecule has 0 saturated carbocycles. The van der Waals surface area contributed by atoms with Gasteiger partial charge in [0.1, 0.15) is 23.5 Å². The van der Waals surface area contributed by atoms with Crippen LogP contribution in [0.2, 0.25) is 5.02 Å². The Kier molecular flexibility index (Phi) is 5.64. The zero-order valence-corrected chi connectivity index (χ0v) is 17.1. The number of pyridine rings is 1. The van der Waals surface area contributed by atoms with Crippen LogP contribution in [0.4, 0.5) is 27.4 Å². The van der Waals surface area contributed by atoms with Crippen molar-refractivity contribution in [2.45, 2.75) is 13.0 Å². The van der Waals surface area contributed by atoms with E-state index in [0.717, 1.165) is 16.9 Å². The van der Waals surface area contributed by atoms with Crippen LogP contribution >= 0.6 is 11.6 Å². The highest BCUT2D eigenvalue weighted by atomic mass is 35.5. The second-order valence-electron chi connectivity index (χ2n) is 6.72. The lowest BCUT2D eigenvalue weighted by atomic mass is 10.0. The summed E-state index contributed by atoms with van der Waals surface area (Å²) >= 11 is 6.17. The third-order valence-corrected chi connectivity index (χ3v) is 5.23. The summed E-state index contributed by atoms with van der Waals surface area (Å²) in [6, 6.07) is 8.13.